The van der Waals surface area contributed by atoms with E-state index in [2.05, 4.69) is 10.3 Å². The number of carbonyl (C=O) groups excluding carboxylic acids is 1. The molecule has 0 amide bonds. The molecule has 1 fully saturated rings. The SMILES string of the molecule is O=C(c1ccc2ncccc2c1)C1COCCN1. The van der Waals surface area contributed by atoms with Gasteiger partial charge >= 0.3 is 0 Å². The highest BCUT2D eigenvalue weighted by molar-refractivity contribution is 6.02. The number of carbonyl (C=O) groups is 1. The third-order valence-electron chi connectivity index (χ3n) is 3.13. The second-order valence-corrected chi connectivity index (χ2v) is 4.36. The molecule has 0 saturated carbocycles. The summed E-state index contributed by atoms with van der Waals surface area (Å²) in [6, 6.07) is 9.21. The van der Waals surface area contributed by atoms with Gasteiger partial charge in [-0.15, -0.1) is 0 Å². The van der Waals surface area contributed by atoms with Crippen molar-refractivity contribution in [3.63, 3.8) is 0 Å². The molecular weight excluding hydrogens is 228 g/mol. The summed E-state index contributed by atoms with van der Waals surface area (Å²) in [5.74, 6) is 0.0838. The van der Waals surface area contributed by atoms with Crippen LogP contribution in [0.2, 0.25) is 0 Å². The van der Waals surface area contributed by atoms with Gasteiger partial charge in [-0.1, -0.05) is 6.07 Å². The fourth-order valence-corrected chi connectivity index (χ4v) is 2.16. The van der Waals surface area contributed by atoms with Crippen molar-refractivity contribution in [3.8, 4) is 0 Å². The van der Waals surface area contributed by atoms with Crippen molar-refractivity contribution in [3.05, 3.63) is 42.1 Å². The Bertz CT molecular complexity index is 577. The molecule has 0 spiro atoms. The normalized spacial score (nSPS) is 19.9. The minimum atomic E-state index is -0.229. The number of morpholine rings is 1. The van der Waals surface area contributed by atoms with Crippen molar-refractivity contribution in [2.75, 3.05) is 19.8 Å². The molecule has 1 aliphatic heterocycles. The number of aromatic nitrogens is 1. The van der Waals surface area contributed by atoms with Gasteiger partial charge in [0, 0.05) is 23.7 Å². The number of nitrogens with one attached hydrogen (secondary N) is 1. The number of pyridine rings is 1. The van der Waals surface area contributed by atoms with E-state index in [0.717, 1.165) is 17.4 Å². The molecule has 1 aromatic carbocycles. The smallest absolute Gasteiger partial charge is 0.182 e. The first-order valence-corrected chi connectivity index (χ1v) is 6.05. The maximum Gasteiger partial charge on any atom is 0.182 e. The van der Waals surface area contributed by atoms with Crippen LogP contribution in [-0.2, 0) is 4.74 Å². The first-order valence-electron chi connectivity index (χ1n) is 6.05. The molecule has 0 aliphatic carbocycles. The van der Waals surface area contributed by atoms with Crippen LogP contribution in [-0.4, -0.2) is 36.6 Å². The van der Waals surface area contributed by atoms with Gasteiger partial charge in [-0.25, -0.2) is 0 Å². The lowest BCUT2D eigenvalue weighted by Crippen LogP contribution is -2.46. The fraction of sp³-hybridized carbons (Fsp3) is 0.286. The molecule has 1 aliphatic rings. The van der Waals surface area contributed by atoms with E-state index < -0.39 is 0 Å². The number of ether oxygens (including phenoxy) is 1. The zero-order valence-corrected chi connectivity index (χ0v) is 9.93. The Morgan fingerprint density at radius 3 is 3.17 bits per heavy atom. The molecule has 1 aromatic heterocycles. The van der Waals surface area contributed by atoms with Crippen LogP contribution in [0.4, 0.5) is 0 Å². The number of fused-ring (bicyclic) bond motifs is 1. The fourth-order valence-electron chi connectivity index (χ4n) is 2.16. The predicted octanol–water partition coefficient (Wildman–Crippen LogP) is 1.41. The second kappa shape index (κ2) is 4.84. The number of ketones is 1. The van der Waals surface area contributed by atoms with Crippen LogP contribution in [0.5, 0.6) is 0 Å². The summed E-state index contributed by atoms with van der Waals surface area (Å²) < 4.78 is 5.32. The summed E-state index contributed by atoms with van der Waals surface area (Å²) in [6.07, 6.45) is 1.75. The Morgan fingerprint density at radius 1 is 1.39 bits per heavy atom. The number of hydrogen-bond donors (Lipinski definition) is 1. The third kappa shape index (κ3) is 2.12. The molecule has 0 bridgehead atoms. The summed E-state index contributed by atoms with van der Waals surface area (Å²) in [7, 11) is 0. The van der Waals surface area contributed by atoms with Gasteiger partial charge in [-0.3, -0.25) is 9.78 Å². The molecule has 18 heavy (non-hydrogen) atoms. The predicted molar refractivity (Wildman–Crippen MR) is 68.7 cm³/mol. The molecule has 1 saturated heterocycles. The Labute approximate surface area is 105 Å². The standard InChI is InChI=1S/C14H14N2O2/c17-14(13-9-18-7-6-16-13)11-3-4-12-10(8-11)2-1-5-15-12/h1-5,8,13,16H,6-7,9H2. The number of Topliss-reactive ketones (excluding diaryl/α,β-unsaturated/α-hetero) is 1. The molecule has 4 nitrogen and oxygen atoms in total. The van der Waals surface area contributed by atoms with E-state index in [1.807, 2.05) is 30.3 Å². The Morgan fingerprint density at radius 2 is 2.33 bits per heavy atom. The van der Waals surface area contributed by atoms with E-state index in [9.17, 15) is 4.79 Å². The van der Waals surface area contributed by atoms with Crippen molar-refractivity contribution < 1.29 is 9.53 Å². The van der Waals surface area contributed by atoms with Crippen LogP contribution in [0.15, 0.2) is 36.5 Å². The van der Waals surface area contributed by atoms with E-state index in [0.29, 0.717) is 18.8 Å². The maximum atomic E-state index is 12.3. The zero-order chi connectivity index (χ0) is 12.4. The van der Waals surface area contributed by atoms with Crippen LogP contribution in [0.1, 0.15) is 10.4 Å². The van der Waals surface area contributed by atoms with Gasteiger partial charge in [0.05, 0.1) is 24.8 Å². The van der Waals surface area contributed by atoms with Gasteiger partial charge in [0.15, 0.2) is 5.78 Å². The molecule has 2 heterocycles. The molecule has 0 radical (unpaired) electrons. The summed E-state index contributed by atoms with van der Waals surface area (Å²) >= 11 is 0. The van der Waals surface area contributed by atoms with E-state index in [4.69, 9.17) is 4.74 Å². The van der Waals surface area contributed by atoms with Crippen LogP contribution in [0.3, 0.4) is 0 Å². The van der Waals surface area contributed by atoms with Crippen molar-refractivity contribution in [1.82, 2.24) is 10.3 Å². The van der Waals surface area contributed by atoms with Crippen LogP contribution >= 0.6 is 0 Å². The van der Waals surface area contributed by atoms with E-state index in [-0.39, 0.29) is 11.8 Å². The monoisotopic (exact) mass is 242 g/mol. The summed E-state index contributed by atoms with van der Waals surface area (Å²) in [5, 5.41) is 4.16. The lowest BCUT2D eigenvalue weighted by atomic mass is 10.0. The van der Waals surface area contributed by atoms with Gasteiger partial charge in [0.25, 0.3) is 0 Å². The lowest BCUT2D eigenvalue weighted by molar-refractivity contribution is 0.0607. The number of hydrogen-bond acceptors (Lipinski definition) is 4. The van der Waals surface area contributed by atoms with Gasteiger partial charge in [-0.2, -0.15) is 0 Å². The zero-order valence-electron chi connectivity index (χ0n) is 9.93. The number of nitrogens with zero attached hydrogens (tertiary/aromatic N) is 1. The summed E-state index contributed by atoms with van der Waals surface area (Å²) in [5.41, 5.74) is 1.61. The minimum absolute atomic E-state index is 0.0838. The molecule has 92 valence electrons. The Hall–Kier alpha value is -1.78. The minimum Gasteiger partial charge on any atom is -0.378 e. The van der Waals surface area contributed by atoms with Crippen LogP contribution in [0, 0.1) is 0 Å². The largest absolute Gasteiger partial charge is 0.378 e. The highest BCUT2D eigenvalue weighted by Crippen LogP contribution is 2.15. The Balaban J connectivity index is 1.91. The molecule has 2 aromatic rings. The van der Waals surface area contributed by atoms with Gasteiger partial charge in [0.2, 0.25) is 0 Å². The van der Waals surface area contributed by atoms with Crippen molar-refractivity contribution in [2.45, 2.75) is 6.04 Å². The highest BCUT2D eigenvalue weighted by Gasteiger charge is 2.22. The second-order valence-electron chi connectivity index (χ2n) is 4.36. The first-order chi connectivity index (χ1) is 8.84. The molecule has 1 unspecified atom stereocenters. The topological polar surface area (TPSA) is 51.2 Å². The third-order valence-corrected chi connectivity index (χ3v) is 3.13. The molecule has 1 N–H and O–H groups in total. The van der Waals surface area contributed by atoms with Crippen LogP contribution < -0.4 is 5.32 Å². The van der Waals surface area contributed by atoms with Crippen LogP contribution in [0.25, 0.3) is 10.9 Å². The summed E-state index contributed by atoms with van der Waals surface area (Å²) in [6.45, 7) is 1.85. The molecule has 1 atom stereocenters. The summed E-state index contributed by atoms with van der Waals surface area (Å²) in [4.78, 5) is 16.5. The van der Waals surface area contributed by atoms with Gasteiger partial charge in [0.1, 0.15) is 0 Å². The van der Waals surface area contributed by atoms with E-state index in [1.54, 1.807) is 6.20 Å². The van der Waals surface area contributed by atoms with Crippen molar-refractivity contribution in [1.29, 1.82) is 0 Å². The average molecular weight is 242 g/mol. The van der Waals surface area contributed by atoms with E-state index >= 15 is 0 Å². The number of benzene rings is 1. The Kier molecular flexibility index (Phi) is 3.04. The average Bonchev–Trinajstić information content (AvgIpc) is 2.47. The van der Waals surface area contributed by atoms with Crippen molar-refractivity contribution >= 4 is 16.7 Å². The molecule has 4 heteroatoms. The number of rotatable bonds is 2. The van der Waals surface area contributed by atoms with Gasteiger partial charge in [-0.05, 0) is 24.3 Å². The lowest BCUT2D eigenvalue weighted by Gasteiger charge is -2.22. The highest BCUT2D eigenvalue weighted by atomic mass is 16.5. The molecule has 3 rings (SSSR count). The molecular formula is C14H14N2O2. The van der Waals surface area contributed by atoms with Gasteiger partial charge < -0.3 is 10.1 Å². The first kappa shape index (κ1) is 11.3. The van der Waals surface area contributed by atoms with Crippen molar-refractivity contribution in [2.24, 2.45) is 0 Å². The van der Waals surface area contributed by atoms with E-state index in [1.165, 1.54) is 0 Å². The quantitative estimate of drug-likeness (QED) is 0.809. The maximum absolute atomic E-state index is 12.3.